The summed E-state index contributed by atoms with van der Waals surface area (Å²) in [5.74, 6) is 1.24. The molecule has 0 saturated heterocycles. The minimum atomic E-state index is -0.929. The highest BCUT2D eigenvalue weighted by Crippen LogP contribution is 2.23. The summed E-state index contributed by atoms with van der Waals surface area (Å²) in [6.07, 6.45) is 1.39. The zero-order valence-corrected chi connectivity index (χ0v) is 12.6. The van der Waals surface area contributed by atoms with E-state index in [1.807, 2.05) is 6.92 Å². The summed E-state index contributed by atoms with van der Waals surface area (Å²) < 4.78 is 10.1. The Morgan fingerprint density at radius 1 is 1.56 bits per heavy atom. The first-order valence-corrected chi connectivity index (χ1v) is 7.67. The average Bonchev–Trinajstić information content (AvgIpc) is 2.77. The number of nitrogens with two attached hydrogens (primary N) is 1. The van der Waals surface area contributed by atoms with E-state index in [0.717, 1.165) is 22.3 Å². The van der Waals surface area contributed by atoms with Gasteiger partial charge in [-0.25, -0.2) is 4.98 Å². The van der Waals surface area contributed by atoms with Gasteiger partial charge < -0.3 is 10.5 Å². The van der Waals surface area contributed by atoms with Crippen molar-refractivity contribution in [3.63, 3.8) is 0 Å². The first kappa shape index (κ1) is 15.4. The van der Waals surface area contributed by atoms with Gasteiger partial charge >= 0.3 is 5.97 Å². The van der Waals surface area contributed by atoms with Crippen molar-refractivity contribution in [3.05, 3.63) is 5.82 Å². The first-order chi connectivity index (χ1) is 8.49. The van der Waals surface area contributed by atoms with Crippen molar-refractivity contribution in [2.75, 3.05) is 12.4 Å². The third-order valence-corrected chi connectivity index (χ3v) is 4.23. The molecular formula is C11H19N3O2S2. The number of ether oxygens (including phenoxy) is 1. The number of aryl methyl sites for hydroxylation is 1. The molecule has 0 saturated carbocycles. The quantitative estimate of drug-likeness (QED) is 0.610. The second-order valence-electron chi connectivity index (χ2n) is 4.07. The van der Waals surface area contributed by atoms with E-state index in [1.165, 1.54) is 11.5 Å². The molecule has 1 atom stereocenters. The summed E-state index contributed by atoms with van der Waals surface area (Å²) in [7, 11) is 0. The van der Waals surface area contributed by atoms with Crippen molar-refractivity contribution in [2.24, 2.45) is 5.73 Å². The maximum absolute atomic E-state index is 11.6. The van der Waals surface area contributed by atoms with Crippen LogP contribution in [0.15, 0.2) is 4.34 Å². The molecule has 102 valence electrons. The number of rotatable bonds is 7. The van der Waals surface area contributed by atoms with Gasteiger partial charge in [0.1, 0.15) is 11.4 Å². The lowest BCUT2D eigenvalue weighted by atomic mass is 10.0. The Hall–Kier alpha value is -0.660. The number of thioether (sulfide) groups is 1. The molecule has 7 heteroatoms. The Labute approximate surface area is 116 Å². The van der Waals surface area contributed by atoms with Crippen molar-refractivity contribution in [1.29, 1.82) is 0 Å². The number of hydrogen-bond acceptors (Lipinski definition) is 7. The van der Waals surface area contributed by atoms with Gasteiger partial charge in [0.25, 0.3) is 0 Å². The lowest BCUT2D eigenvalue weighted by Crippen LogP contribution is -2.46. The maximum atomic E-state index is 11.6. The third kappa shape index (κ3) is 4.55. The molecule has 0 aliphatic carbocycles. The van der Waals surface area contributed by atoms with E-state index >= 15 is 0 Å². The van der Waals surface area contributed by atoms with Gasteiger partial charge in [-0.05, 0) is 31.8 Å². The van der Waals surface area contributed by atoms with Gasteiger partial charge in [-0.1, -0.05) is 18.7 Å². The fourth-order valence-corrected chi connectivity index (χ4v) is 3.13. The van der Waals surface area contributed by atoms with E-state index < -0.39 is 5.54 Å². The van der Waals surface area contributed by atoms with Crippen LogP contribution in [0.5, 0.6) is 0 Å². The van der Waals surface area contributed by atoms with Gasteiger partial charge in [-0.15, -0.1) is 0 Å². The summed E-state index contributed by atoms with van der Waals surface area (Å²) in [5, 5.41) is 0. The molecular weight excluding hydrogens is 270 g/mol. The number of hydrogen-bond donors (Lipinski definition) is 1. The number of nitrogens with zero attached hydrogens (tertiary/aromatic N) is 2. The van der Waals surface area contributed by atoms with Crippen LogP contribution in [0.3, 0.4) is 0 Å². The monoisotopic (exact) mass is 289 g/mol. The minimum absolute atomic E-state index is 0.350. The van der Waals surface area contributed by atoms with E-state index in [9.17, 15) is 4.79 Å². The molecule has 1 aromatic rings. The second-order valence-corrected chi connectivity index (χ2v) is 6.16. The Balaban J connectivity index is 2.38. The molecule has 0 fully saturated rings. The third-order valence-electron chi connectivity index (χ3n) is 2.35. The number of aromatic nitrogens is 2. The van der Waals surface area contributed by atoms with Crippen LogP contribution in [0.4, 0.5) is 0 Å². The number of esters is 1. The molecule has 1 aromatic heterocycles. The van der Waals surface area contributed by atoms with Crippen molar-refractivity contribution >= 4 is 29.3 Å². The van der Waals surface area contributed by atoms with Crippen molar-refractivity contribution in [1.82, 2.24) is 9.36 Å². The normalized spacial score (nSPS) is 14.2. The summed E-state index contributed by atoms with van der Waals surface area (Å²) in [6, 6.07) is 0. The minimum Gasteiger partial charge on any atom is -0.465 e. The summed E-state index contributed by atoms with van der Waals surface area (Å²) in [4.78, 5) is 15.9. The number of carbonyl (C=O) groups is 1. The van der Waals surface area contributed by atoms with Gasteiger partial charge in [-0.3, -0.25) is 4.79 Å². The van der Waals surface area contributed by atoms with Gasteiger partial charge in [0, 0.05) is 12.2 Å². The summed E-state index contributed by atoms with van der Waals surface area (Å²) >= 11 is 2.96. The maximum Gasteiger partial charge on any atom is 0.325 e. The molecule has 0 bridgehead atoms. The van der Waals surface area contributed by atoms with Crippen LogP contribution >= 0.6 is 23.3 Å². The van der Waals surface area contributed by atoms with E-state index in [2.05, 4.69) is 9.36 Å². The zero-order chi connectivity index (χ0) is 13.6. The van der Waals surface area contributed by atoms with Crippen LogP contribution in [-0.4, -0.2) is 33.2 Å². The molecule has 5 nitrogen and oxygen atoms in total. The molecule has 1 unspecified atom stereocenters. The van der Waals surface area contributed by atoms with Crippen molar-refractivity contribution < 1.29 is 9.53 Å². The Morgan fingerprint density at radius 2 is 2.28 bits per heavy atom. The van der Waals surface area contributed by atoms with Crippen LogP contribution in [0.1, 0.15) is 33.0 Å². The zero-order valence-electron chi connectivity index (χ0n) is 10.9. The van der Waals surface area contributed by atoms with Crippen molar-refractivity contribution in [2.45, 2.75) is 43.5 Å². The van der Waals surface area contributed by atoms with Crippen LogP contribution in [0.25, 0.3) is 0 Å². The molecule has 18 heavy (non-hydrogen) atoms. The van der Waals surface area contributed by atoms with Gasteiger partial charge in [0.05, 0.1) is 6.61 Å². The Bertz CT molecular complexity index is 393. The highest BCUT2D eigenvalue weighted by Gasteiger charge is 2.29. The van der Waals surface area contributed by atoms with Crippen LogP contribution in [0, 0.1) is 0 Å². The molecule has 0 amide bonds. The molecule has 0 aliphatic rings. The topological polar surface area (TPSA) is 78.1 Å². The Morgan fingerprint density at radius 3 is 2.83 bits per heavy atom. The van der Waals surface area contributed by atoms with Gasteiger partial charge in [0.2, 0.25) is 0 Å². The molecule has 1 rings (SSSR count). The SMILES string of the molecule is CCOC(=O)C(C)(N)CCSc1nc(CC)ns1. The molecule has 1 heterocycles. The fourth-order valence-electron chi connectivity index (χ4n) is 1.19. The predicted molar refractivity (Wildman–Crippen MR) is 73.9 cm³/mol. The predicted octanol–water partition coefficient (Wildman–Crippen LogP) is 1.86. The highest BCUT2D eigenvalue weighted by atomic mass is 32.2. The van der Waals surface area contributed by atoms with Gasteiger partial charge in [-0.2, -0.15) is 4.37 Å². The first-order valence-electron chi connectivity index (χ1n) is 5.91. The summed E-state index contributed by atoms with van der Waals surface area (Å²) in [5.41, 5.74) is 4.99. The second kappa shape index (κ2) is 7.06. The van der Waals surface area contributed by atoms with Crippen LogP contribution in [0.2, 0.25) is 0 Å². The van der Waals surface area contributed by atoms with E-state index in [1.54, 1.807) is 25.6 Å². The Kier molecular flexibility index (Phi) is 6.04. The van der Waals surface area contributed by atoms with Crippen molar-refractivity contribution in [3.8, 4) is 0 Å². The lowest BCUT2D eigenvalue weighted by Gasteiger charge is -2.21. The van der Waals surface area contributed by atoms with E-state index in [-0.39, 0.29) is 5.97 Å². The molecule has 2 N–H and O–H groups in total. The van der Waals surface area contributed by atoms with Crippen LogP contribution < -0.4 is 5.73 Å². The van der Waals surface area contributed by atoms with Crippen LogP contribution in [-0.2, 0) is 16.0 Å². The standard InChI is InChI=1S/C11H19N3O2S2/c1-4-8-13-10(18-14-8)17-7-6-11(3,12)9(15)16-5-2/h4-7,12H2,1-3H3. The summed E-state index contributed by atoms with van der Waals surface area (Å²) in [6.45, 7) is 5.85. The fraction of sp³-hybridized carbons (Fsp3) is 0.727. The smallest absolute Gasteiger partial charge is 0.325 e. The molecule has 0 aromatic carbocycles. The number of carbonyl (C=O) groups excluding carboxylic acids is 1. The molecule has 0 radical (unpaired) electrons. The molecule has 0 spiro atoms. The van der Waals surface area contributed by atoms with E-state index in [0.29, 0.717) is 13.0 Å². The van der Waals surface area contributed by atoms with Gasteiger partial charge in [0.15, 0.2) is 4.34 Å². The lowest BCUT2D eigenvalue weighted by molar-refractivity contribution is -0.149. The molecule has 0 aliphatic heterocycles. The average molecular weight is 289 g/mol. The largest absolute Gasteiger partial charge is 0.465 e. The van der Waals surface area contributed by atoms with E-state index in [4.69, 9.17) is 10.5 Å². The highest BCUT2D eigenvalue weighted by molar-refractivity contribution is 8.00.